The molecule has 0 unspecified atom stereocenters. The van der Waals surface area contributed by atoms with Crippen LogP contribution >= 0.6 is 0 Å². The molecule has 0 saturated carbocycles. The van der Waals surface area contributed by atoms with E-state index in [9.17, 15) is 0 Å². The average molecular weight is 254 g/mol. The summed E-state index contributed by atoms with van der Waals surface area (Å²) in [6.07, 6.45) is 1.91. The molecule has 3 aromatic rings. The van der Waals surface area contributed by atoms with Gasteiger partial charge in [-0.05, 0) is 30.3 Å². The second-order valence-electron chi connectivity index (χ2n) is 4.19. The number of aromatic nitrogens is 2. The average Bonchev–Trinajstić information content (AvgIpc) is 2.93. The van der Waals surface area contributed by atoms with Crippen LogP contribution in [0.4, 0.5) is 0 Å². The number of hydrogen-bond acceptors (Lipinski definition) is 3. The molecule has 1 aromatic carbocycles. The summed E-state index contributed by atoms with van der Waals surface area (Å²) >= 11 is 0. The van der Waals surface area contributed by atoms with Crippen LogP contribution in [0.2, 0.25) is 0 Å². The maximum Gasteiger partial charge on any atom is 0.213 e. The van der Waals surface area contributed by atoms with Crippen molar-refractivity contribution in [2.75, 3.05) is 7.11 Å². The van der Waals surface area contributed by atoms with Crippen LogP contribution < -0.4 is 9.47 Å². The molecule has 0 bridgehead atoms. The van der Waals surface area contributed by atoms with Crippen molar-refractivity contribution < 1.29 is 9.47 Å². The first kappa shape index (κ1) is 11.6. The van der Waals surface area contributed by atoms with E-state index in [1.165, 1.54) is 0 Å². The molecule has 0 amide bonds. The van der Waals surface area contributed by atoms with Gasteiger partial charge in [-0.25, -0.2) is 4.98 Å². The minimum atomic E-state index is 0.424. The molecule has 4 nitrogen and oxygen atoms in total. The van der Waals surface area contributed by atoms with E-state index in [1.54, 1.807) is 7.11 Å². The molecule has 4 heteroatoms. The Kier molecular flexibility index (Phi) is 3.06. The Hall–Kier alpha value is -2.49. The predicted molar refractivity (Wildman–Crippen MR) is 73.4 cm³/mol. The van der Waals surface area contributed by atoms with Gasteiger partial charge in [-0.15, -0.1) is 0 Å². The topological polar surface area (TPSA) is 47.1 Å². The summed E-state index contributed by atoms with van der Waals surface area (Å²) in [5.41, 5.74) is 1.94. The van der Waals surface area contributed by atoms with E-state index in [-0.39, 0.29) is 0 Å². The lowest BCUT2D eigenvalue weighted by Gasteiger charge is -2.07. The fourth-order valence-electron chi connectivity index (χ4n) is 1.93. The molecule has 0 aliphatic heterocycles. The third-order valence-electron chi connectivity index (χ3n) is 2.90. The molecule has 3 rings (SSSR count). The second kappa shape index (κ2) is 5.02. The van der Waals surface area contributed by atoms with Crippen molar-refractivity contribution >= 4 is 10.9 Å². The van der Waals surface area contributed by atoms with Crippen molar-refractivity contribution in [2.24, 2.45) is 0 Å². The first-order chi connectivity index (χ1) is 9.35. The van der Waals surface area contributed by atoms with Gasteiger partial charge in [-0.2, -0.15) is 0 Å². The monoisotopic (exact) mass is 254 g/mol. The summed E-state index contributed by atoms with van der Waals surface area (Å²) < 4.78 is 10.8. The maximum atomic E-state index is 5.74. The van der Waals surface area contributed by atoms with Crippen molar-refractivity contribution in [1.82, 2.24) is 9.97 Å². The van der Waals surface area contributed by atoms with Gasteiger partial charge >= 0.3 is 0 Å². The summed E-state index contributed by atoms with van der Waals surface area (Å²) in [5, 5.41) is 1.14. The van der Waals surface area contributed by atoms with Crippen LogP contribution in [0.5, 0.6) is 11.6 Å². The van der Waals surface area contributed by atoms with Gasteiger partial charge in [0.2, 0.25) is 5.88 Å². The highest BCUT2D eigenvalue weighted by molar-refractivity contribution is 5.80. The van der Waals surface area contributed by atoms with Crippen LogP contribution in [0.1, 0.15) is 5.69 Å². The number of aromatic amines is 1. The highest BCUT2D eigenvalue weighted by Crippen LogP contribution is 2.20. The molecule has 0 atom stereocenters. The van der Waals surface area contributed by atoms with Crippen molar-refractivity contribution in [1.29, 1.82) is 0 Å². The minimum absolute atomic E-state index is 0.424. The smallest absolute Gasteiger partial charge is 0.213 e. The number of ether oxygens (including phenoxy) is 2. The van der Waals surface area contributed by atoms with Crippen molar-refractivity contribution in [2.45, 2.75) is 6.61 Å². The largest absolute Gasteiger partial charge is 0.487 e. The zero-order chi connectivity index (χ0) is 13.1. The van der Waals surface area contributed by atoms with Gasteiger partial charge in [-0.3, -0.25) is 0 Å². The Bertz CT molecular complexity index is 691. The molecule has 0 saturated heterocycles. The zero-order valence-corrected chi connectivity index (χ0v) is 10.6. The highest BCUT2D eigenvalue weighted by atomic mass is 16.5. The Balaban J connectivity index is 1.74. The van der Waals surface area contributed by atoms with Crippen molar-refractivity contribution in [3.8, 4) is 11.6 Å². The quantitative estimate of drug-likeness (QED) is 0.778. The van der Waals surface area contributed by atoms with Gasteiger partial charge < -0.3 is 14.5 Å². The van der Waals surface area contributed by atoms with Crippen LogP contribution in [0, 0.1) is 0 Å². The standard InChI is InChI=1S/C15H14N2O2/c1-18-15-4-2-3-12(17-15)10-19-13-5-6-14-11(9-13)7-8-16-14/h2-9,16H,10H2,1H3. The molecule has 0 aliphatic rings. The summed E-state index contributed by atoms with van der Waals surface area (Å²) in [5.74, 6) is 1.43. The molecule has 96 valence electrons. The molecule has 0 aliphatic carbocycles. The fourth-order valence-corrected chi connectivity index (χ4v) is 1.93. The fraction of sp³-hybridized carbons (Fsp3) is 0.133. The molecule has 19 heavy (non-hydrogen) atoms. The van der Waals surface area contributed by atoms with Crippen LogP contribution in [-0.2, 0) is 6.61 Å². The van der Waals surface area contributed by atoms with E-state index in [0.717, 1.165) is 22.3 Å². The van der Waals surface area contributed by atoms with Crippen LogP contribution in [-0.4, -0.2) is 17.1 Å². The lowest BCUT2D eigenvalue weighted by molar-refractivity contribution is 0.298. The van der Waals surface area contributed by atoms with Gasteiger partial charge in [0.15, 0.2) is 0 Å². The summed E-state index contributed by atoms with van der Waals surface area (Å²) in [6.45, 7) is 0.424. The predicted octanol–water partition coefficient (Wildman–Crippen LogP) is 3.15. The maximum absolute atomic E-state index is 5.74. The number of pyridine rings is 1. The molecule has 2 heterocycles. The van der Waals surface area contributed by atoms with Crippen LogP contribution in [0.3, 0.4) is 0 Å². The van der Waals surface area contributed by atoms with Crippen molar-refractivity contribution in [3.05, 3.63) is 54.4 Å². The molecule has 2 aromatic heterocycles. The third kappa shape index (κ3) is 2.52. The number of methoxy groups -OCH3 is 1. The number of rotatable bonds is 4. The molecule has 0 fully saturated rings. The lowest BCUT2D eigenvalue weighted by Crippen LogP contribution is -1.99. The second-order valence-corrected chi connectivity index (χ2v) is 4.19. The van der Waals surface area contributed by atoms with Gasteiger partial charge in [0.25, 0.3) is 0 Å². The normalized spacial score (nSPS) is 10.6. The summed E-state index contributed by atoms with van der Waals surface area (Å²) in [4.78, 5) is 7.46. The third-order valence-corrected chi connectivity index (χ3v) is 2.90. The van der Waals surface area contributed by atoms with Gasteiger partial charge in [0.05, 0.1) is 12.8 Å². The van der Waals surface area contributed by atoms with E-state index < -0.39 is 0 Å². The number of benzene rings is 1. The Morgan fingerprint density at radius 1 is 1.16 bits per heavy atom. The number of fused-ring (bicyclic) bond motifs is 1. The van der Waals surface area contributed by atoms with Gasteiger partial charge in [-0.1, -0.05) is 6.07 Å². The Morgan fingerprint density at radius 2 is 2.11 bits per heavy atom. The summed E-state index contributed by atoms with van der Waals surface area (Å²) in [6, 6.07) is 13.6. The number of H-pyrrole nitrogens is 1. The Morgan fingerprint density at radius 3 is 3.00 bits per heavy atom. The first-order valence-corrected chi connectivity index (χ1v) is 6.05. The highest BCUT2D eigenvalue weighted by Gasteiger charge is 2.01. The van der Waals surface area contributed by atoms with Gasteiger partial charge in [0, 0.05) is 23.2 Å². The number of hydrogen-bond donors (Lipinski definition) is 1. The minimum Gasteiger partial charge on any atom is -0.487 e. The van der Waals surface area contributed by atoms with Gasteiger partial charge in [0.1, 0.15) is 12.4 Å². The Labute approximate surface area is 111 Å². The zero-order valence-electron chi connectivity index (χ0n) is 10.6. The summed E-state index contributed by atoms with van der Waals surface area (Å²) in [7, 11) is 1.60. The molecule has 0 spiro atoms. The van der Waals surface area contributed by atoms with E-state index in [4.69, 9.17) is 9.47 Å². The van der Waals surface area contributed by atoms with E-state index >= 15 is 0 Å². The lowest BCUT2D eigenvalue weighted by atomic mass is 10.2. The van der Waals surface area contributed by atoms with Crippen LogP contribution in [0.25, 0.3) is 10.9 Å². The molecule has 1 N–H and O–H groups in total. The number of nitrogens with one attached hydrogen (secondary N) is 1. The van der Waals surface area contributed by atoms with Crippen molar-refractivity contribution in [3.63, 3.8) is 0 Å². The number of nitrogens with zero attached hydrogens (tertiary/aromatic N) is 1. The van der Waals surface area contributed by atoms with E-state index in [1.807, 2.05) is 48.7 Å². The van der Waals surface area contributed by atoms with E-state index in [2.05, 4.69) is 9.97 Å². The molecular weight excluding hydrogens is 240 g/mol. The van der Waals surface area contributed by atoms with Crippen LogP contribution in [0.15, 0.2) is 48.7 Å². The first-order valence-electron chi connectivity index (χ1n) is 6.05. The molecular formula is C15H14N2O2. The SMILES string of the molecule is COc1cccc(COc2ccc3[nH]ccc3c2)n1. The molecule has 0 radical (unpaired) electrons. The van der Waals surface area contributed by atoms with E-state index in [0.29, 0.717) is 12.5 Å².